The van der Waals surface area contributed by atoms with Gasteiger partial charge in [-0.15, -0.1) is 0 Å². The van der Waals surface area contributed by atoms with E-state index in [2.05, 4.69) is 16.5 Å². The van der Waals surface area contributed by atoms with Crippen LogP contribution in [-0.4, -0.2) is 9.97 Å². The second-order valence-electron chi connectivity index (χ2n) is 4.04. The minimum Gasteiger partial charge on any atom is -0.255 e. The van der Waals surface area contributed by atoms with Gasteiger partial charge in [-0.1, -0.05) is 55.1 Å². The standard InChI is InChI=1S/C10H8N2.C8H8/c1-3-7-11-9(5-1)10-6-2-4-8-12-10;1-2-8-6-4-3-5-7-8/h1-8H;2-7H,1H2. The average Bonchev–Trinajstić information content (AvgIpc) is 2.58. The lowest BCUT2D eigenvalue weighted by Gasteiger charge is -1.96. The van der Waals surface area contributed by atoms with Gasteiger partial charge in [0.05, 0.1) is 11.4 Å². The highest BCUT2D eigenvalue weighted by Crippen LogP contribution is 2.10. The molecular formula is C18H16N2. The van der Waals surface area contributed by atoms with E-state index in [4.69, 9.17) is 0 Å². The molecule has 0 aliphatic carbocycles. The van der Waals surface area contributed by atoms with Crippen molar-refractivity contribution in [2.45, 2.75) is 0 Å². The van der Waals surface area contributed by atoms with E-state index >= 15 is 0 Å². The quantitative estimate of drug-likeness (QED) is 0.679. The summed E-state index contributed by atoms with van der Waals surface area (Å²) in [6.07, 6.45) is 5.37. The molecule has 0 aliphatic heterocycles. The molecule has 3 rings (SSSR count). The van der Waals surface area contributed by atoms with Gasteiger partial charge in [0.1, 0.15) is 0 Å². The lowest BCUT2D eigenvalue weighted by molar-refractivity contribution is 1.25. The summed E-state index contributed by atoms with van der Waals surface area (Å²) in [7, 11) is 0. The molecule has 0 bridgehead atoms. The molecule has 0 saturated carbocycles. The van der Waals surface area contributed by atoms with E-state index in [0.717, 1.165) is 11.4 Å². The molecule has 1 aromatic carbocycles. The first-order chi connectivity index (χ1) is 9.90. The van der Waals surface area contributed by atoms with Gasteiger partial charge >= 0.3 is 0 Å². The number of pyridine rings is 2. The second-order valence-corrected chi connectivity index (χ2v) is 4.04. The average molecular weight is 260 g/mol. The van der Waals surface area contributed by atoms with Crippen LogP contribution in [0.2, 0.25) is 0 Å². The van der Waals surface area contributed by atoms with E-state index < -0.39 is 0 Å². The van der Waals surface area contributed by atoms with Crippen LogP contribution in [-0.2, 0) is 0 Å². The maximum Gasteiger partial charge on any atom is 0.0886 e. The Hall–Kier alpha value is -2.74. The fourth-order valence-corrected chi connectivity index (χ4v) is 1.62. The summed E-state index contributed by atoms with van der Waals surface area (Å²) in [5, 5.41) is 0. The molecule has 0 N–H and O–H groups in total. The zero-order valence-corrected chi connectivity index (χ0v) is 11.2. The molecule has 0 aliphatic rings. The predicted octanol–water partition coefficient (Wildman–Crippen LogP) is 4.47. The lowest BCUT2D eigenvalue weighted by atomic mass is 10.2. The minimum absolute atomic E-state index is 0.915. The van der Waals surface area contributed by atoms with Crippen LogP contribution in [0.25, 0.3) is 17.5 Å². The van der Waals surface area contributed by atoms with E-state index in [1.54, 1.807) is 12.4 Å². The molecule has 0 radical (unpaired) electrons. The van der Waals surface area contributed by atoms with Crippen LogP contribution in [0.1, 0.15) is 5.56 Å². The third kappa shape index (κ3) is 4.18. The number of aromatic nitrogens is 2. The maximum atomic E-state index is 4.19. The highest BCUT2D eigenvalue weighted by atomic mass is 14.7. The Morgan fingerprint density at radius 3 is 1.50 bits per heavy atom. The van der Waals surface area contributed by atoms with E-state index in [0.29, 0.717) is 0 Å². The topological polar surface area (TPSA) is 25.8 Å². The van der Waals surface area contributed by atoms with Crippen molar-refractivity contribution in [3.63, 3.8) is 0 Å². The van der Waals surface area contributed by atoms with Crippen molar-refractivity contribution in [2.24, 2.45) is 0 Å². The molecule has 2 aromatic heterocycles. The Bertz CT molecular complexity index is 582. The van der Waals surface area contributed by atoms with Crippen LogP contribution in [0.4, 0.5) is 0 Å². The van der Waals surface area contributed by atoms with E-state index in [1.165, 1.54) is 5.56 Å². The van der Waals surface area contributed by atoms with Crippen molar-refractivity contribution in [3.05, 3.63) is 91.3 Å². The van der Waals surface area contributed by atoms with E-state index in [1.807, 2.05) is 72.8 Å². The van der Waals surface area contributed by atoms with Gasteiger partial charge in [-0.2, -0.15) is 0 Å². The summed E-state index contributed by atoms with van der Waals surface area (Å²) in [5.74, 6) is 0. The molecule has 2 heterocycles. The predicted molar refractivity (Wildman–Crippen MR) is 84.0 cm³/mol. The number of nitrogens with zero attached hydrogens (tertiary/aromatic N) is 2. The summed E-state index contributed by atoms with van der Waals surface area (Å²) in [4.78, 5) is 8.37. The molecule has 0 fully saturated rings. The number of hydrogen-bond donors (Lipinski definition) is 0. The van der Waals surface area contributed by atoms with E-state index in [9.17, 15) is 0 Å². The molecule has 2 heteroatoms. The number of benzene rings is 1. The third-order valence-electron chi connectivity index (χ3n) is 2.63. The third-order valence-corrected chi connectivity index (χ3v) is 2.63. The molecular weight excluding hydrogens is 244 g/mol. The van der Waals surface area contributed by atoms with Crippen LogP contribution in [0, 0.1) is 0 Å². The van der Waals surface area contributed by atoms with Crippen molar-refractivity contribution >= 4 is 6.08 Å². The summed E-state index contributed by atoms with van der Waals surface area (Å²) in [6.45, 7) is 3.63. The molecule has 98 valence electrons. The van der Waals surface area contributed by atoms with Crippen molar-refractivity contribution in [1.29, 1.82) is 0 Å². The van der Waals surface area contributed by atoms with Crippen molar-refractivity contribution in [2.75, 3.05) is 0 Å². The van der Waals surface area contributed by atoms with Gasteiger partial charge in [0.2, 0.25) is 0 Å². The van der Waals surface area contributed by atoms with Crippen LogP contribution < -0.4 is 0 Å². The van der Waals surface area contributed by atoms with Crippen molar-refractivity contribution < 1.29 is 0 Å². The SMILES string of the molecule is C=Cc1ccccc1.c1ccc(-c2ccccn2)nc1. The molecule has 0 spiro atoms. The normalized spacial score (nSPS) is 9.20. The monoisotopic (exact) mass is 260 g/mol. The molecule has 0 saturated heterocycles. The zero-order chi connectivity index (χ0) is 14.0. The Balaban J connectivity index is 0.000000160. The Labute approximate surface area is 119 Å². The van der Waals surface area contributed by atoms with Gasteiger partial charge in [-0.25, -0.2) is 0 Å². The van der Waals surface area contributed by atoms with Crippen molar-refractivity contribution in [3.8, 4) is 11.4 Å². The highest BCUT2D eigenvalue weighted by Gasteiger charge is 1.95. The van der Waals surface area contributed by atoms with E-state index in [-0.39, 0.29) is 0 Å². The maximum absolute atomic E-state index is 4.19. The Kier molecular flexibility index (Phi) is 5.23. The van der Waals surface area contributed by atoms with Crippen LogP contribution in [0.15, 0.2) is 85.7 Å². The summed E-state index contributed by atoms with van der Waals surface area (Å²) in [6, 6.07) is 21.6. The first kappa shape index (κ1) is 13.7. The highest BCUT2D eigenvalue weighted by molar-refractivity contribution is 5.52. The molecule has 3 aromatic rings. The first-order valence-electron chi connectivity index (χ1n) is 6.40. The van der Waals surface area contributed by atoms with Crippen LogP contribution in [0.3, 0.4) is 0 Å². The lowest BCUT2D eigenvalue weighted by Crippen LogP contribution is -1.83. The van der Waals surface area contributed by atoms with Crippen LogP contribution >= 0.6 is 0 Å². The van der Waals surface area contributed by atoms with Gasteiger partial charge in [0, 0.05) is 12.4 Å². The van der Waals surface area contributed by atoms with Crippen LogP contribution in [0.5, 0.6) is 0 Å². The molecule has 2 nitrogen and oxygen atoms in total. The van der Waals surface area contributed by atoms with Crippen molar-refractivity contribution in [1.82, 2.24) is 9.97 Å². The second kappa shape index (κ2) is 7.64. The Morgan fingerprint density at radius 1 is 0.650 bits per heavy atom. The minimum atomic E-state index is 0.915. The fourth-order valence-electron chi connectivity index (χ4n) is 1.62. The van der Waals surface area contributed by atoms with Gasteiger partial charge in [0.15, 0.2) is 0 Å². The van der Waals surface area contributed by atoms with Gasteiger partial charge in [0.25, 0.3) is 0 Å². The van der Waals surface area contributed by atoms with Gasteiger partial charge in [-0.05, 0) is 29.8 Å². The smallest absolute Gasteiger partial charge is 0.0886 e. The summed E-state index contributed by atoms with van der Waals surface area (Å²) in [5.41, 5.74) is 3.00. The molecule has 0 atom stereocenters. The first-order valence-corrected chi connectivity index (χ1v) is 6.40. The summed E-state index contributed by atoms with van der Waals surface area (Å²) < 4.78 is 0. The molecule has 0 amide bonds. The zero-order valence-electron chi connectivity index (χ0n) is 11.2. The van der Waals surface area contributed by atoms with Gasteiger partial charge in [-0.3, -0.25) is 9.97 Å². The molecule has 20 heavy (non-hydrogen) atoms. The Morgan fingerprint density at radius 2 is 1.15 bits per heavy atom. The number of hydrogen-bond acceptors (Lipinski definition) is 2. The largest absolute Gasteiger partial charge is 0.255 e. The van der Waals surface area contributed by atoms with Gasteiger partial charge < -0.3 is 0 Å². The molecule has 0 unspecified atom stereocenters. The fraction of sp³-hybridized carbons (Fsp3) is 0. The number of rotatable bonds is 2. The summed E-state index contributed by atoms with van der Waals surface area (Å²) >= 11 is 0.